The molecule has 2 saturated heterocycles. The Morgan fingerprint density at radius 1 is 1.19 bits per heavy atom. The Bertz CT molecular complexity index is 1110. The summed E-state index contributed by atoms with van der Waals surface area (Å²) in [5.41, 5.74) is 1.74. The number of ether oxygens (including phenoxy) is 2. The number of methoxy groups -OCH3 is 1. The third-order valence-electron chi connectivity index (χ3n) is 6.21. The normalized spacial score (nSPS) is 19.1. The average molecular weight is 483 g/mol. The number of aryl methyl sites for hydroxylation is 1. The van der Waals surface area contributed by atoms with Gasteiger partial charge in [0.2, 0.25) is 0 Å². The maximum absolute atomic E-state index is 6.67. The number of hydrogen-bond acceptors (Lipinski definition) is 5. The molecule has 2 fully saturated rings. The molecular formula is C23H26Cl3N3O2. The van der Waals surface area contributed by atoms with Crippen LogP contribution in [0.25, 0.3) is 23.5 Å². The van der Waals surface area contributed by atoms with Crippen LogP contribution in [0, 0.1) is 12.3 Å². The standard InChI is InChI=1S/C23H26Cl3N3O2/c1-4-16-15(5-8-24)22(29-12-23(13-29)6-9-31-10-7-23)28-21(27-16)18-19(25)14(2)11-17(30-3)20(18)26/h4-5,11H,6-10,12-13H2,1-3H3/b15-5+,16-4+. The first kappa shape index (κ1) is 22.7. The molecule has 3 heterocycles. The monoisotopic (exact) mass is 481 g/mol. The number of halogens is 3. The summed E-state index contributed by atoms with van der Waals surface area (Å²) in [6.45, 7) is 7.41. The van der Waals surface area contributed by atoms with E-state index in [9.17, 15) is 0 Å². The Morgan fingerprint density at radius 3 is 2.52 bits per heavy atom. The molecule has 1 aromatic heterocycles. The number of rotatable bonds is 4. The molecule has 166 valence electrons. The molecular weight excluding hydrogens is 457 g/mol. The quantitative estimate of drug-likeness (QED) is 0.611. The number of hydrogen-bond donors (Lipinski definition) is 0. The van der Waals surface area contributed by atoms with E-state index in [0.29, 0.717) is 38.5 Å². The van der Waals surface area contributed by atoms with Gasteiger partial charge >= 0.3 is 0 Å². The van der Waals surface area contributed by atoms with Gasteiger partial charge in [-0.15, -0.1) is 11.6 Å². The van der Waals surface area contributed by atoms with Crippen molar-refractivity contribution in [3.8, 4) is 17.1 Å². The molecule has 0 atom stereocenters. The van der Waals surface area contributed by atoms with Crippen molar-refractivity contribution in [3.63, 3.8) is 0 Å². The third kappa shape index (κ3) is 4.13. The van der Waals surface area contributed by atoms with Crippen LogP contribution in [-0.2, 0) is 4.74 Å². The fraction of sp³-hybridized carbons (Fsp3) is 0.478. The van der Waals surface area contributed by atoms with E-state index < -0.39 is 0 Å². The third-order valence-corrected chi connectivity index (χ3v) is 7.22. The maximum Gasteiger partial charge on any atom is 0.165 e. The minimum atomic E-state index is 0.305. The Balaban J connectivity index is 1.87. The molecule has 1 aromatic carbocycles. The molecule has 0 N–H and O–H groups in total. The second-order valence-corrected chi connectivity index (χ2v) is 9.25. The van der Waals surface area contributed by atoms with E-state index in [4.69, 9.17) is 54.2 Å². The van der Waals surface area contributed by atoms with Crippen LogP contribution in [0.15, 0.2) is 6.07 Å². The van der Waals surface area contributed by atoms with Gasteiger partial charge in [0, 0.05) is 42.8 Å². The summed E-state index contributed by atoms with van der Waals surface area (Å²) in [4.78, 5) is 12.1. The first-order valence-corrected chi connectivity index (χ1v) is 11.7. The van der Waals surface area contributed by atoms with Crippen molar-refractivity contribution in [3.05, 3.63) is 32.2 Å². The van der Waals surface area contributed by atoms with Crippen LogP contribution in [0.3, 0.4) is 0 Å². The fourth-order valence-corrected chi connectivity index (χ4v) is 5.19. The molecule has 0 saturated carbocycles. The number of benzene rings is 1. The second-order valence-electron chi connectivity index (χ2n) is 8.18. The van der Waals surface area contributed by atoms with Gasteiger partial charge in [-0.2, -0.15) is 0 Å². The lowest BCUT2D eigenvalue weighted by atomic mass is 9.73. The van der Waals surface area contributed by atoms with Crippen molar-refractivity contribution >= 4 is 52.8 Å². The molecule has 0 amide bonds. The van der Waals surface area contributed by atoms with Crippen LogP contribution in [0.1, 0.15) is 25.3 Å². The molecule has 2 aromatic rings. The Morgan fingerprint density at radius 2 is 1.90 bits per heavy atom. The zero-order valence-electron chi connectivity index (χ0n) is 18.0. The molecule has 0 unspecified atom stereocenters. The van der Waals surface area contributed by atoms with Crippen LogP contribution in [-0.4, -0.2) is 49.3 Å². The predicted octanol–water partition coefficient (Wildman–Crippen LogP) is 4.20. The van der Waals surface area contributed by atoms with Gasteiger partial charge in [0.1, 0.15) is 11.6 Å². The summed E-state index contributed by atoms with van der Waals surface area (Å²) in [6.07, 6.45) is 6.09. The molecule has 2 aliphatic heterocycles. The molecule has 5 nitrogen and oxygen atoms in total. The van der Waals surface area contributed by atoms with E-state index in [1.54, 1.807) is 7.11 Å². The first-order valence-electron chi connectivity index (χ1n) is 10.4. The number of nitrogens with zero attached hydrogens (tertiary/aromatic N) is 3. The van der Waals surface area contributed by atoms with Gasteiger partial charge in [-0.05, 0) is 38.3 Å². The van der Waals surface area contributed by atoms with Gasteiger partial charge in [0.05, 0.1) is 28.1 Å². The van der Waals surface area contributed by atoms with Crippen molar-refractivity contribution in [2.75, 3.05) is 44.2 Å². The summed E-state index contributed by atoms with van der Waals surface area (Å²) < 4.78 is 11.0. The van der Waals surface area contributed by atoms with Crippen LogP contribution >= 0.6 is 34.8 Å². The van der Waals surface area contributed by atoms with E-state index >= 15 is 0 Å². The number of aromatic nitrogens is 2. The zero-order chi connectivity index (χ0) is 22.2. The molecule has 31 heavy (non-hydrogen) atoms. The summed E-state index contributed by atoms with van der Waals surface area (Å²) >= 11 is 19.4. The highest BCUT2D eigenvalue weighted by molar-refractivity contribution is 6.40. The topological polar surface area (TPSA) is 47.5 Å². The lowest BCUT2D eigenvalue weighted by molar-refractivity contribution is -0.000520. The molecule has 0 bridgehead atoms. The lowest BCUT2D eigenvalue weighted by Crippen LogP contribution is -2.60. The summed E-state index contributed by atoms with van der Waals surface area (Å²) in [5, 5.41) is 2.68. The highest BCUT2D eigenvalue weighted by atomic mass is 35.5. The van der Waals surface area contributed by atoms with Gasteiger partial charge in [0.25, 0.3) is 0 Å². The average Bonchev–Trinajstić information content (AvgIpc) is 2.76. The van der Waals surface area contributed by atoms with E-state index in [1.165, 1.54) is 0 Å². The van der Waals surface area contributed by atoms with Gasteiger partial charge in [-0.25, -0.2) is 9.97 Å². The zero-order valence-corrected chi connectivity index (χ0v) is 20.2. The van der Waals surface area contributed by atoms with Gasteiger partial charge in [-0.3, -0.25) is 0 Å². The summed E-state index contributed by atoms with van der Waals surface area (Å²) in [7, 11) is 1.59. The van der Waals surface area contributed by atoms with Gasteiger partial charge < -0.3 is 14.4 Å². The molecule has 1 spiro atoms. The van der Waals surface area contributed by atoms with Crippen LogP contribution in [0.2, 0.25) is 10.0 Å². The highest BCUT2D eigenvalue weighted by Crippen LogP contribution is 2.43. The maximum atomic E-state index is 6.67. The summed E-state index contributed by atoms with van der Waals surface area (Å²) in [5.74, 6) is 2.28. The van der Waals surface area contributed by atoms with Gasteiger partial charge in [0.15, 0.2) is 5.82 Å². The minimum absolute atomic E-state index is 0.305. The molecule has 0 radical (unpaired) electrons. The molecule has 4 rings (SSSR count). The van der Waals surface area contributed by atoms with E-state index in [-0.39, 0.29) is 0 Å². The van der Waals surface area contributed by atoms with Crippen LogP contribution in [0.5, 0.6) is 5.75 Å². The minimum Gasteiger partial charge on any atom is -0.495 e. The predicted molar refractivity (Wildman–Crippen MR) is 128 cm³/mol. The Hall–Kier alpha value is -1.53. The molecule has 0 aliphatic carbocycles. The SMILES string of the molecule is C/C=c1/nc(-c2c(Cl)c(C)cc(OC)c2Cl)nc(N2CC3(CCOCC3)C2)/c1=C/CCl. The largest absolute Gasteiger partial charge is 0.495 e. The second kappa shape index (κ2) is 9.14. The Labute approximate surface area is 197 Å². The van der Waals surface area contributed by atoms with E-state index in [0.717, 1.165) is 61.1 Å². The van der Waals surface area contributed by atoms with Crippen LogP contribution in [0.4, 0.5) is 5.82 Å². The van der Waals surface area contributed by atoms with Crippen molar-refractivity contribution in [1.82, 2.24) is 9.97 Å². The van der Waals surface area contributed by atoms with Gasteiger partial charge in [-0.1, -0.05) is 35.4 Å². The van der Waals surface area contributed by atoms with Crippen molar-refractivity contribution in [2.45, 2.75) is 26.7 Å². The fourth-order valence-electron chi connectivity index (χ4n) is 4.44. The van der Waals surface area contributed by atoms with E-state index in [1.807, 2.05) is 32.1 Å². The van der Waals surface area contributed by atoms with Crippen molar-refractivity contribution in [1.29, 1.82) is 0 Å². The number of alkyl halides is 1. The number of anilines is 1. The van der Waals surface area contributed by atoms with E-state index in [2.05, 4.69) is 4.90 Å². The molecule has 2 aliphatic rings. The highest BCUT2D eigenvalue weighted by Gasteiger charge is 2.44. The molecule has 8 heteroatoms. The first-order chi connectivity index (χ1) is 14.9. The smallest absolute Gasteiger partial charge is 0.165 e. The van der Waals surface area contributed by atoms with Crippen molar-refractivity contribution in [2.24, 2.45) is 5.41 Å². The Kier molecular flexibility index (Phi) is 6.68. The van der Waals surface area contributed by atoms with Crippen LogP contribution < -0.4 is 20.2 Å². The summed E-state index contributed by atoms with van der Waals surface area (Å²) in [6, 6.07) is 1.82. The van der Waals surface area contributed by atoms with Crippen molar-refractivity contribution < 1.29 is 9.47 Å². The lowest BCUT2D eigenvalue weighted by Gasteiger charge is -2.52.